The van der Waals surface area contributed by atoms with E-state index in [0.29, 0.717) is 17.3 Å². The zero-order valence-corrected chi connectivity index (χ0v) is 15.8. The Kier molecular flexibility index (Phi) is 4.51. The van der Waals surface area contributed by atoms with Crippen LogP contribution in [-0.2, 0) is 4.84 Å². The van der Waals surface area contributed by atoms with Crippen LogP contribution in [0.3, 0.4) is 0 Å². The van der Waals surface area contributed by atoms with Gasteiger partial charge in [0, 0.05) is 11.6 Å². The number of ether oxygens (including phenoxy) is 1. The first kappa shape index (κ1) is 16.9. The van der Waals surface area contributed by atoms with E-state index in [4.69, 9.17) is 9.57 Å². The number of methoxy groups -OCH3 is 1. The van der Waals surface area contributed by atoms with Gasteiger partial charge in [0.25, 0.3) is 0 Å². The molecule has 3 nitrogen and oxygen atoms in total. The number of benzene rings is 1. The molecular formula is C22H30NO2. The van der Waals surface area contributed by atoms with Crippen LogP contribution >= 0.6 is 0 Å². The van der Waals surface area contributed by atoms with Gasteiger partial charge >= 0.3 is 0 Å². The Hall–Kier alpha value is -1.51. The van der Waals surface area contributed by atoms with Crippen LogP contribution < -0.4 is 4.74 Å². The van der Waals surface area contributed by atoms with Gasteiger partial charge in [0.05, 0.1) is 12.8 Å². The summed E-state index contributed by atoms with van der Waals surface area (Å²) >= 11 is 0. The van der Waals surface area contributed by atoms with Gasteiger partial charge in [0.1, 0.15) is 12.9 Å². The highest BCUT2D eigenvalue weighted by Crippen LogP contribution is 2.61. The lowest BCUT2D eigenvalue weighted by atomic mass is 9.49. The lowest BCUT2D eigenvalue weighted by molar-refractivity contribution is -0.0143. The first-order valence-corrected chi connectivity index (χ1v) is 9.92. The Morgan fingerprint density at radius 3 is 2.88 bits per heavy atom. The van der Waals surface area contributed by atoms with Crippen molar-refractivity contribution in [2.75, 3.05) is 14.2 Å². The summed E-state index contributed by atoms with van der Waals surface area (Å²) in [4.78, 5) is 5.20. The van der Waals surface area contributed by atoms with E-state index in [2.05, 4.69) is 30.3 Å². The second-order valence-electron chi connectivity index (χ2n) is 8.17. The number of fused-ring (bicyclic) bond motifs is 5. The molecule has 3 heteroatoms. The maximum absolute atomic E-state index is 5.48. The first-order valence-electron chi connectivity index (χ1n) is 9.92. The van der Waals surface area contributed by atoms with Gasteiger partial charge in [-0.05, 0) is 73.0 Å². The molecule has 3 aliphatic carbocycles. The highest BCUT2D eigenvalue weighted by molar-refractivity contribution is 6.03. The van der Waals surface area contributed by atoms with E-state index in [1.165, 1.54) is 56.1 Å². The van der Waals surface area contributed by atoms with E-state index in [1.807, 2.05) is 0 Å². The molecule has 2 saturated carbocycles. The van der Waals surface area contributed by atoms with Gasteiger partial charge in [-0.15, -0.1) is 0 Å². The van der Waals surface area contributed by atoms with Crippen LogP contribution in [0.2, 0.25) is 0 Å². The molecule has 0 N–H and O–H groups in total. The fourth-order valence-electron chi connectivity index (χ4n) is 6.23. The van der Waals surface area contributed by atoms with Crippen molar-refractivity contribution in [1.29, 1.82) is 0 Å². The molecule has 1 aromatic carbocycles. The Balaban J connectivity index is 1.78. The highest BCUT2D eigenvalue weighted by Gasteiger charge is 2.51. The molecule has 0 amide bonds. The smallest absolute Gasteiger partial charge is 0.127 e. The van der Waals surface area contributed by atoms with E-state index in [1.54, 1.807) is 14.2 Å². The Bertz CT molecular complexity index is 668. The molecule has 135 valence electrons. The van der Waals surface area contributed by atoms with Crippen molar-refractivity contribution in [3.63, 3.8) is 0 Å². The molecular weight excluding hydrogens is 310 g/mol. The summed E-state index contributed by atoms with van der Waals surface area (Å²) in [6, 6.07) is 7.51. The molecule has 0 saturated heterocycles. The number of hydrogen-bond donors (Lipinski definition) is 0. The third-order valence-corrected chi connectivity index (χ3v) is 7.43. The summed E-state index contributed by atoms with van der Waals surface area (Å²) in [5.41, 5.74) is 4.32. The standard InChI is InChI=1S/C22H30NO2/c1-4-22-11-6-5-7-20(22)19-14-21(23-25-3)17-9-8-15(24-2)13-18(17)16(19)10-12-22/h9,13,16,19-20H,4-7,10-12,14H2,1-3H3/b23-21+/t16-,19-,20+,22+/m1/s1. The zero-order chi connectivity index (χ0) is 17.4. The van der Waals surface area contributed by atoms with E-state index in [-0.39, 0.29) is 0 Å². The minimum absolute atomic E-state index is 0.570. The van der Waals surface area contributed by atoms with Gasteiger partial charge in [-0.1, -0.05) is 31.3 Å². The van der Waals surface area contributed by atoms with Crippen LogP contribution in [0.5, 0.6) is 5.75 Å². The first-order chi connectivity index (χ1) is 12.2. The molecule has 4 rings (SSSR count). The monoisotopic (exact) mass is 340 g/mol. The van der Waals surface area contributed by atoms with Crippen molar-refractivity contribution in [2.45, 2.75) is 64.2 Å². The van der Waals surface area contributed by atoms with Crippen molar-refractivity contribution >= 4 is 5.71 Å². The second kappa shape index (κ2) is 6.66. The van der Waals surface area contributed by atoms with Gasteiger partial charge < -0.3 is 9.57 Å². The predicted molar refractivity (Wildman–Crippen MR) is 100 cm³/mol. The summed E-state index contributed by atoms with van der Waals surface area (Å²) in [5, 5.41) is 4.41. The van der Waals surface area contributed by atoms with Crippen molar-refractivity contribution in [2.24, 2.45) is 22.4 Å². The molecule has 4 atom stereocenters. The van der Waals surface area contributed by atoms with Gasteiger partial charge in [-0.3, -0.25) is 0 Å². The van der Waals surface area contributed by atoms with Crippen molar-refractivity contribution in [3.05, 3.63) is 29.3 Å². The molecule has 1 aromatic rings. The fraction of sp³-hybridized carbons (Fsp3) is 0.682. The summed E-state index contributed by atoms with van der Waals surface area (Å²) in [6.07, 6.45) is 10.7. The molecule has 2 fully saturated rings. The van der Waals surface area contributed by atoms with Gasteiger partial charge in [0.2, 0.25) is 0 Å². The highest BCUT2D eigenvalue weighted by atomic mass is 16.6. The third-order valence-electron chi connectivity index (χ3n) is 7.43. The maximum Gasteiger partial charge on any atom is 0.127 e. The molecule has 0 heterocycles. The average molecular weight is 340 g/mol. The number of rotatable bonds is 3. The Labute approximate surface area is 151 Å². The lowest BCUT2D eigenvalue weighted by Crippen LogP contribution is -2.46. The average Bonchev–Trinajstić information content (AvgIpc) is 2.67. The molecule has 1 radical (unpaired) electrons. The summed E-state index contributed by atoms with van der Waals surface area (Å²) < 4.78 is 5.48. The van der Waals surface area contributed by atoms with Crippen molar-refractivity contribution in [3.8, 4) is 5.75 Å². The molecule has 0 aromatic heterocycles. The summed E-state index contributed by atoms with van der Waals surface area (Å²) in [5.74, 6) is 3.00. The third kappa shape index (κ3) is 2.67. The van der Waals surface area contributed by atoms with Gasteiger partial charge in [-0.2, -0.15) is 0 Å². The number of oxime groups is 1. The zero-order valence-electron chi connectivity index (χ0n) is 15.8. The fourth-order valence-corrected chi connectivity index (χ4v) is 6.23. The second-order valence-corrected chi connectivity index (χ2v) is 8.17. The number of nitrogens with zero attached hydrogens (tertiary/aromatic N) is 1. The molecule has 0 unspecified atom stereocenters. The quantitative estimate of drug-likeness (QED) is 0.696. The van der Waals surface area contributed by atoms with Crippen LogP contribution in [0.25, 0.3) is 0 Å². The molecule has 3 aliphatic rings. The van der Waals surface area contributed by atoms with E-state index >= 15 is 0 Å². The van der Waals surface area contributed by atoms with Gasteiger partial charge in [-0.25, -0.2) is 0 Å². The Morgan fingerprint density at radius 1 is 1.24 bits per heavy atom. The van der Waals surface area contributed by atoms with Crippen molar-refractivity contribution < 1.29 is 9.57 Å². The maximum atomic E-state index is 5.48. The minimum Gasteiger partial charge on any atom is -0.496 e. The van der Waals surface area contributed by atoms with E-state index in [9.17, 15) is 0 Å². The van der Waals surface area contributed by atoms with E-state index < -0.39 is 0 Å². The Morgan fingerprint density at radius 2 is 2.12 bits per heavy atom. The van der Waals surface area contributed by atoms with Crippen LogP contribution in [0.1, 0.15) is 75.3 Å². The van der Waals surface area contributed by atoms with Gasteiger partial charge in [0.15, 0.2) is 0 Å². The topological polar surface area (TPSA) is 30.8 Å². The molecule has 0 spiro atoms. The minimum atomic E-state index is 0.570. The molecule has 25 heavy (non-hydrogen) atoms. The van der Waals surface area contributed by atoms with Crippen LogP contribution in [0.4, 0.5) is 0 Å². The van der Waals surface area contributed by atoms with Crippen LogP contribution in [-0.4, -0.2) is 19.9 Å². The SMILES string of the molecule is CC[C@@]12CCCC[C@H]1[C@@H]1C/C(=N\OC)c3c[c]c(OC)cc3[C@H]1CC2. The summed E-state index contributed by atoms with van der Waals surface area (Å²) in [6.45, 7) is 2.41. The predicted octanol–water partition coefficient (Wildman–Crippen LogP) is 5.33. The molecule has 0 aliphatic heterocycles. The van der Waals surface area contributed by atoms with E-state index in [0.717, 1.165) is 23.8 Å². The number of hydrogen-bond acceptors (Lipinski definition) is 3. The van der Waals surface area contributed by atoms with Crippen molar-refractivity contribution in [1.82, 2.24) is 0 Å². The summed E-state index contributed by atoms with van der Waals surface area (Å²) in [7, 11) is 3.39. The largest absolute Gasteiger partial charge is 0.496 e. The normalized spacial score (nSPS) is 35.5. The lowest BCUT2D eigenvalue weighted by Gasteiger charge is -2.55. The van der Waals surface area contributed by atoms with Crippen LogP contribution in [0, 0.1) is 23.3 Å². The van der Waals surface area contributed by atoms with Crippen LogP contribution in [0.15, 0.2) is 17.3 Å². The molecule has 0 bridgehead atoms.